The normalized spacial score (nSPS) is 9.47. The fourth-order valence-electron chi connectivity index (χ4n) is 0.946. The van der Waals surface area contributed by atoms with Crippen LogP contribution in [0.15, 0.2) is 9.59 Å². The number of methoxy groups -OCH3 is 1. The Balaban J connectivity index is 3.21. The zero-order chi connectivity index (χ0) is 11.4. The molecule has 8 nitrogen and oxygen atoms in total. The second-order valence-electron chi connectivity index (χ2n) is 2.52. The van der Waals surface area contributed by atoms with Crippen LogP contribution in [0.3, 0.4) is 0 Å². The number of ether oxygens (including phenoxy) is 1. The van der Waals surface area contributed by atoms with Crippen molar-refractivity contribution in [3.63, 3.8) is 0 Å². The van der Waals surface area contributed by atoms with E-state index in [-0.39, 0.29) is 11.5 Å². The minimum atomic E-state index is -0.802. The van der Waals surface area contributed by atoms with E-state index in [9.17, 15) is 14.4 Å². The molecule has 0 radical (unpaired) electrons. The summed E-state index contributed by atoms with van der Waals surface area (Å²) in [5, 5.41) is 4.73. The van der Waals surface area contributed by atoms with Gasteiger partial charge in [-0.3, -0.25) is 20.1 Å². The van der Waals surface area contributed by atoms with Crippen molar-refractivity contribution in [2.75, 3.05) is 24.8 Å². The molecule has 0 atom stereocenters. The molecule has 1 rings (SSSR count). The van der Waals surface area contributed by atoms with Gasteiger partial charge >= 0.3 is 11.8 Å². The number of nitrogens with one attached hydrogen (secondary N) is 4. The highest BCUT2D eigenvalue weighted by atomic mass is 16.5. The van der Waals surface area contributed by atoms with Crippen molar-refractivity contribution in [3.8, 4) is 0 Å². The summed E-state index contributed by atoms with van der Waals surface area (Å²) >= 11 is 0. The first kappa shape index (κ1) is 10.8. The molecule has 1 heterocycles. The average molecular weight is 214 g/mol. The fraction of sp³-hybridized carbons (Fsp3) is 0.286. The first-order valence-electron chi connectivity index (χ1n) is 3.97. The SMILES string of the molecule is CNc1[nH]c(=O)[nH]c(=O)c1NC(=O)OC. The number of rotatable bonds is 2. The Morgan fingerprint density at radius 1 is 1.33 bits per heavy atom. The maximum Gasteiger partial charge on any atom is 0.411 e. The second kappa shape index (κ2) is 4.31. The number of hydrogen-bond acceptors (Lipinski definition) is 5. The van der Waals surface area contributed by atoms with Crippen LogP contribution < -0.4 is 21.9 Å². The van der Waals surface area contributed by atoms with E-state index in [1.165, 1.54) is 7.05 Å². The monoisotopic (exact) mass is 214 g/mol. The lowest BCUT2D eigenvalue weighted by atomic mass is 10.4. The predicted octanol–water partition coefficient (Wildman–Crippen LogP) is -0.717. The number of aromatic nitrogens is 2. The van der Waals surface area contributed by atoms with Crippen LogP contribution in [-0.2, 0) is 4.74 Å². The van der Waals surface area contributed by atoms with Gasteiger partial charge in [0, 0.05) is 7.05 Å². The third-order valence-corrected chi connectivity index (χ3v) is 1.61. The molecule has 1 aromatic heterocycles. The van der Waals surface area contributed by atoms with E-state index < -0.39 is 17.3 Å². The van der Waals surface area contributed by atoms with Gasteiger partial charge in [-0.05, 0) is 0 Å². The van der Waals surface area contributed by atoms with Crippen LogP contribution in [0.2, 0.25) is 0 Å². The van der Waals surface area contributed by atoms with Crippen molar-refractivity contribution in [1.82, 2.24) is 9.97 Å². The third-order valence-electron chi connectivity index (χ3n) is 1.61. The van der Waals surface area contributed by atoms with Gasteiger partial charge in [-0.15, -0.1) is 0 Å². The molecule has 0 spiro atoms. The summed E-state index contributed by atoms with van der Waals surface area (Å²) in [4.78, 5) is 37.3. The first-order valence-corrected chi connectivity index (χ1v) is 3.97. The Morgan fingerprint density at radius 3 is 2.53 bits per heavy atom. The van der Waals surface area contributed by atoms with E-state index in [0.29, 0.717) is 0 Å². The zero-order valence-electron chi connectivity index (χ0n) is 8.13. The lowest BCUT2D eigenvalue weighted by molar-refractivity contribution is 0.187. The van der Waals surface area contributed by atoms with Crippen molar-refractivity contribution >= 4 is 17.6 Å². The molecule has 0 bridgehead atoms. The van der Waals surface area contributed by atoms with Gasteiger partial charge < -0.3 is 10.1 Å². The number of H-pyrrole nitrogens is 2. The molecule has 8 heteroatoms. The molecule has 0 saturated heterocycles. The van der Waals surface area contributed by atoms with Crippen molar-refractivity contribution in [1.29, 1.82) is 0 Å². The number of carbonyl (C=O) groups is 1. The number of aromatic amines is 2. The molecule has 82 valence electrons. The van der Waals surface area contributed by atoms with E-state index in [1.54, 1.807) is 0 Å². The van der Waals surface area contributed by atoms with Crippen LogP contribution in [-0.4, -0.2) is 30.2 Å². The van der Waals surface area contributed by atoms with Crippen LogP contribution in [0.25, 0.3) is 0 Å². The van der Waals surface area contributed by atoms with Crippen molar-refractivity contribution in [2.24, 2.45) is 0 Å². The maximum absolute atomic E-state index is 11.3. The molecular weight excluding hydrogens is 204 g/mol. The topological polar surface area (TPSA) is 116 Å². The van der Waals surface area contributed by atoms with Crippen molar-refractivity contribution < 1.29 is 9.53 Å². The van der Waals surface area contributed by atoms with E-state index >= 15 is 0 Å². The quantitative estimate of drug-likeness (QED) is 0.518. The highest BCUT2D eigenvalue weighted by molar-refractivity contribution is 5.87. The molecule has 0 aliphatic carbocycles. The van der Waals surface area contributed by atoms with Crippen LogP contribution in [0.5, 0.6) is 0 Å². The molecule has 1 aromatic rings. The zero-order valence-corrected chi connectivity index (χ0v) is 8.13. The fourth-order valence-corrected chi connectivity index (χ4v) is 0.946. The second-order valence-corrected chi connectivity index (χ2v) is 2.52. The molecule has 0 aromatic carbocycles. The van der Waals surface area contributed by atoms with Crippen LogP contribution in [0.1, 0.15) is 0 Å². The maximum atomic E-state index is 11.3. The molecule has 4 N–H and O–H groups in total. The first-order chi connectivity index (χ1) is 7.08. The standard InChI is InChI=1S/C7H10N4O4/c1-8-4-3(9-7(14)15-2)5(12)11-6(13)10-4/h1-2H3,(H,9,14)(H3,8,10,11,12,13). The van der Waals surface area contributed by atoms with Gasteiger partial charge in [-0.1, -0.05) is 0 Å². The molecule has 0 saturated carbocycles. The summed E-state index contributed by atoms with van der Waals surface area (Å²) in [6.45, 7) is 0. The number of hydrogen-bond donors (Lipinski definition) is 4. The van der Waals surface area contributed by atoms with Gasteiger partial charge in [-0.2, -0.15) is 0 Å². The Labute approximate surface area is 83.7 Å². The van der Waals surface area contributed by atoms with Crippen LogP contribution in [0.4, 0.5) is 16.3 Å². The molecule has 0 aliphatic rings. The van der Waals surface area contributed by atoms with Gasteiger partial charge in [0.1, 0.15) is 5.82 Å². The van der Waals surface area contributed by atoms with Gasteiger partial charge in [-0.25, -0.2) is 9.59 Å². The minimum absolute atomic E-state index is 0.106. The Morgan fingerprint density at radius 2 is 2.00 bits per heavy atom. The average Bonchev–Trinajstić information content (AvgIpc) is 2.21. The number of anilines is 2. The molecule has 0 aliphatic heterocycles. The molecule has 1 amide bonds. The summed E-state index contributed by atoms with van der Waals surface area (Å²) in [5.41, 5.74) is -1.49. The summed E-state index contributed by atoms with van der Waals surface area (Å²) in [6.07, 6.45) is -0.802. The van der Waals surface area contributed by atoms with Gasteiger partial charge in [0.05, 0.1) is 7.11 Å². The Bertz CT molecular complexity index is 475. The highest BCUT2D eigenvalue weighted by Crippen LogP contribution is 2.09. The lowest BCUT2D eigenvalue weighted by Gasteiger charge is -2.07. The summed E-state index contributed by atoms with van der Waals surface area (Å²) in [5.74, 6) is 0.106. The summed E-state index contributed by atoms with van der Waals surface area (Å²) in [7, 11) is 2.65. The van der Waals surface area contributed by atoms with E-state index in [4.69, 9.17) is 0 Å². The highest BCUT2D eigenvalue weighted by Gasteiger charge is 2.11. The largest absolute Gasteiger partial charge is 0.453 e. The molecular formula is C7H10N4O4. The van der Waals surface area contributed by atoms with Gasteiger partial charge in [0.25, 0.3) is 5.56 Å². The van der Waals surface area contributed by atoms with Crippen LogP contribution in [0, 0.1) is 0 Å². The number of carbonyl (C=O) groups excluding carboxylic acids is 1. The molecule has 0 fully saturated rings. The summed E-state index contributed by atoms with van der Waals surface area (Å²) < 4.78 is 4.32. The number of amides is 1. The lowest BCUT2D eigenvalue weighted by Crippen LogP contribution is -2.28. The van der Waals surface area contributed by atoms with Gasteiger partial charge in [0.15, 0.2) is 5.69 Å². The molecule has 0 unspecified atom stereocenters. The van der Waals surface area contributed by atoms with Crippen molar-refractivity contribution in [2.45, 2.75) is 0 Å². The van der Waals surface area contributed by atoms with E-state index in [0.717, 1.165) is 7.11 Å². The van der Waals surface area contributed by atoms with E-state index in [1.807, 2.05) is 4.98 Å². The Kier molecular flexibility index (Phi) is 3.11. The van der Waals surface area contributed by atoms with Crippen molar-refractivity contribution in [3.05, 3.63) is 20.8 Å². The Hall–Kier alpha value is -2.25. The third kappa shape index (κ3) is 2.36. The predicted molar refractivity (Wildman–Crippen MR) is 53.3 cm³/mol. The summed E-state index contributed by atoms with van der Waals surface area (Å²) in [6, 6.07) is 0. The smallest absolute Gasteiger partial charge is 0.411 e. The minimum Gasteiger partial charge on any atom is -0.453 e. The van der Waals surface area contributed by atoms with E-state index in [2.05, 4.69) is 20.4 Å². The van der Waals surface area contributed by atoms with Gasteiger partial charge in [0.2, 0.25) is 0 Å². The van der Waals surface area contributed by atoms with Crippen LogP contribution >= 0.6 is 0 Å². The molecule has 15 heavy (non-hydrogen) atoms.